The van der Waals surface area contributed by atoms with Crippen LogP contribution < -0.4 is 0 Å². The maximum Gasteiger partial charge on any atom is 0.272 e. The molecule has 28 heavy (non-hydrogen) atoms. The Morgan fingerprint density at radius 1 is 1.04 bits per heavy atom. The number of hydrogen-bond acceptors (Lipinski definition) is 4. The fourth-order valence-corrected chi connectivity index (χ4v) is 6.53. The normalized spacial score (nSPS) is 22.1. The van der Waals surface area contributed by atoms with Crippen molar-refractivity contribution in [2.24, 2.45) is 7.05 Å². The number of amides is 1. The van der Waals surface area contributed by atoms with Crippen LogP contribution in [-0.2, 0) is 16.9 Å². The van der Waals surface area contributed by atoms with Gasteiger partial charge in [-0.15, -0.1) is 0 Å². The van der Waals surface area contributed by atoms with E-state index in [1.54, 1.807) is 30.3 Å². The predicted octanol–water partition coefficient (Wildman–Crippen LogP) is 2.48. The number of hydrogen-bond donors (Lipinski definition) is 0. The standard InChI is InChI=1S/C21H19N3O3S/c1-23-18(9-10-22-23)21(25)24-12-17-16-11-15(14-5-3-2-4-6-14)7-8-19(16)28(26,27)20(17)13-24/h2-11,17,20H,12-13H2,1H3/t17-,20-/m1/s1. The molecule has 7 heteroatoms. The largest absolute Gasteiger partial charge is 0.335 e. The second-order valence-electron chi connectivity index (χ2n) is 7.36. The van der Waals surface area contributed by atoms with Crippen LogP contribution in [0.2, 0.25) is 0 Å². The summed E-state index contributed by atoms with van der Waals surface area (Å²) in [6.07, 6.45) is 1.57. The Balaban J connectivity index is 1.53. The molecule has 0 N–H and O–H groups in total. The second-order valence-corrected chi connectivity index (χ2v) is 9.49. The first-order chi connectivity index (χ1) is 13.5. The molecule has 2 aliphatic rings. The third kappa shape index (κ3) is 2.43. The van der Waals surface area contributed by atoms with E-state index in [4.69, 9.17) is 0 Å². The summed E-state index contributed by atoms with van der Waals surface area (Å²) in [6.45, 7) is 0.617. The van der Waals surface area contributed by atoms with E-state index in [-0.39, 0.29) is 18.4 Å². The van der Waals surface area contributed by atoms with E-state index in [2.05, 4.69) is 5.10 Å². The van der Waals surface area contributed by atoms with Gasteiger partial charge >= 0.3 is 0 Å². The average Bonchev–Trinajstić information content (AvgIpc) is 3.38. The molecular formula is C21H19N3O3S. The molecule has 1 amide bonds. The zero-order valence-electron chi connectivity index (χ0n) is 15.3. The summed E-state index contributed by atoms with van der Waals surface area (Å²) in [4.78, 5) is 14.9. The smallest absolute Gasteiger partial charge is 0.272 e. The maximum absolute atomic E-state index is 13.1. The van der Waals surface area contributed by atoms with Gasteiger partial charge in [-0.25, -0.2) is 8.42 Å². The summed E-state index contributed by atoms with van der Waals surface area (Å²) in [5.41, 5.74) is 3.33. The minimum absolute atomic E-state index is 0.176. The van der Waals surface area contributed by atoms with Crippen LogP contribution in [0, 0.1) is 0 Å². The van der Waals surface area contributed by atoms with Gasteiger partial charge < -0.3 is 4.90 Å². The summed E-state index contributed by atoms with van der Waals surface area (Å²) >= 11 is 0. The molecule has 2 aliphatic heterocycles. The molecule has 0 radical (unpaired) electrons. The van der Waals surface area contributed by atoms with Crippen LogP contribution in [-0.4, -0.2) is 47.3 Å². The average molecular weight is 393 g/mol. The van der Waals surface area contributed by atoms with Gasteiger partial charge in [0.2, 0.25) is 0 Å². The highest BCUT2D eigenvalue weighted by atomic mass is 32.2. The van der Waals surface area contributed by atoms with Crippen LogP contribution >= 0.6 is 0 Å². The third-order valence-electron chi connectivity index (χ3n) is 5.81. The molecule has 1 fully saturated rings. The van der Waals surface area contributed by atoms with Crippen molar-refractivity contribution in [2.45, 2.75) is 16.1 Å². The number of benzene rings is 2. The molecule has 5 rings (SSSR count). The van der Waals surface area contributed by atoms with Crippen molar-refractivity contribution >= 4 is 15.7 Å². The predicted molar refractivity (Wildman–Crippen MR) is 105 cm³/mol. The van der Waals surface area contributed by atoms with Gasteiger partial charge in [0.05, 0.1) is 10.1 Å². The monoisotopic (exact) mass is 393 g/mol. The zero-order chi connectivity index (χ0) is 19.5. The summed E-state index contributed by atoms with van der Waals surface area (Å²) < 4.78 is 27.7. The highest BCUT2D eigenvalue weighted by Gasteiger charge is 2.51. The van der Waals surface area contributed by atoms with Crippen LogP contribution in [0.3, 0.4) is 0 Å². The summed E-state index contributed by atoms with van der Waals surface area (Å²) in [6, 6.07) is 17.1. The van der Waals surface area contributed by atoms with Gasteiger partial charge in [0, 0.05) is 32.3 Å². The number of aryl methyl sites for hydroxylation is 1. The van der Waals surface area contributed by atoms with Gasteiger partial charge in [-0.05, 0) is 34.9 Å². The van der Waals surface area contributed by atoms with E-state index in [0.717, 1.165) is 16.7 Å². The van der Waals surface area contributed by atoms with Crippen molar-refractivity contribution in [1.82, 2.24) is 14.7 Å². The van der Waals surface area contributed by atoms with E-state index in [9.17, 15) is 13.2 Å². The molecule has 2 aromatic carbocycles. The van der Waals surface area contributed by atoms with Crippen molar-refractivity contribution in [3.05, 3.63) is 72.1 Å². The van der Waals surface area contributed by atoms with Crippen molar-refractivity contribution in [2.75, 3.05) is 13.1 Å². The van der Waals surface area contributed by atoms with Crippen LogP contribution in [0.25, 0.3) is 11.1 Å². The first kappa shape index (κ1) is 17.2. The Morgan fingerprint density at radius 2 is 1.82 bits per heavy atom. The summed E-state index contributed by atoms with van der Waals surface area (Å²) in [5, 5.41) is 3.46. The SMILES string of the molecule is Cn1nccc1C(=O)N1C[C@@H]2c3cc(-c4ccccc4)ccc3S(=O)(=O)[C@@H]2C1. The topological polar surface area (TPSA) is 72.3 Å². The molecule has 0 aliphatic carbocycles. The van der Waals surface area contributed by atoms with Crippen molar-refractivity contribution < 1.29 is 13.2 Å². The number of nitrogens with zero attached hydrogens (tertiary/aromatic N) is 3. The number of sulfone groups is 1. The Bertz CT molecular complexity index is 1180. The van der Waals surface area contributed by atoms with Gasteiger partial charge in [0.15, 0.2) is 9.84 Å². The molecule has 0 saturated carbocycles. The molecule has 2 atom stereocenters. The second kappa shape index (κ2) is 6.04. The molecule has 1 aromatic heterocycles. The number of fused-ring (bicyclic) bond motifs is 3. The Hall–Kier alpha value is -2.93. The number of aromatic nitrogens is 2. The number of carbonyl (C=O) groups excluding carboxylic acids is 1. The highest BCUT2D eigenvalue weighted by Crippen LogP contribution is 2.46. The van der Waals surface area contributed by atoms with E-state index < -0.39 is 15.1 Å². The van der Waals surface area contributed by atoms with E-state index in [0.29, 0.717) is 17.1 Å². The van der Waals surface area contributed by atoms with E-state index in [1.165, 1.54) is 4.68 Å². The fraction of sp³-hybridized carbons (Fsp3) is 0.238. The van der Waals surface area contributed by atoms with Crippen molar-refractivity contribution in [3.8, 4) is 11.1 Å². The third-order valence-corrected chi connectivity index (χ3v) is 8.07. The molecule has 3 aromatic rings. The lowest BCUT2D eigenvalue weighted by Crippen LogP contribution is -2.32. The van der Waals surface area contributed by atoms with E-state index >= 15 is 0 Å². The Morgan fingerprint density at radius 3 is 2.54 bits per heavy atom. The van der Waals surface area contributed by atoms with Crippen LogP contribution in [0.1, 0.15) is 22.0 Å². The molecular weight excluding hydrogens is 374 g/mol. The van der Waals surface area contributed by atoms with Crippen LogP contribution in [0.15, 0.2) is 65.7 Å². The first-order valence-corrected chi connectivity index (χ1v) is 10.7. The molecule has 0 unspecified atom stereocenters. The van der Waals surface area contributed by atoms with Gasteiger partial charge in [-0.3, -0.25) is 9.48 Å². The van der Waals surface area contributed by atoms with Crippen LogP contribution in [0.4, 0.5) is 0 Å². The van der Waals surface area contributed by atoms with Crippen molar-refractivity contribution in [3.63, 3.8) is 0 Å². The number of rotatable bonds is 2. The van der Waals surface area contributed by atoms with Crippen LogP contribution in [0.5, 0.6) is 0 Å². The van der Waals surface area contributed by atoms with Gasteiger partial charge in [0.25, 0.3) is 5.91 Å². The number of likely N-dealkylation sites (tertiary alicyclic amines) is 1. The quantitative estimate of drug-likeness (QED) is 0.671. The maximum atomic E-state index is 13.1. The first-order valence-electron chi connectivity index (χ1n) is 9.17. The Kier molecular flexibility index (Phi) is 3.71. The summed E-state index contributed by atoms with van der Waals surface area (Å²) in [5.74, 6) is -0.369. The van der Waals surface area contributed by atoms with E-state index in [1.807, 2.05) is 42.5 Å². The minimum Gasteiger partial charge on any atom is -0.335 e. The fourth-order valence-electron chi connectivity index (χ4n) is 4.37. The number of carbonyl (C=O) groups is 1. The summed E-state index contributed by atoms with van der Waals surface area (Å²) in [7, 11) is -1.73. The van der Waals surface area contributed by atoms with Gasteiger partial charge in [-0.2, -0.15) is 5.10 Å². The molecule has 3 heterocycles. The molecule has 142 valence electrons. The highest BCUT2D eigenvalue weighted by molar-refractivity contribution is 7.92. The van der Waals surface area contributed by atoms with Crippen molar-refractivity contribution in [1.29, 1.82) is 0 Å². The lowest BCUT2D eigenvalue weighted by molar-refractivity contribution is 0.0780. The minimum atomic E-state index is -3.44. The lowest BCUT2D eigenvalue weighted by Gasteiger charge is -2.18. The molecule has 0 bridgehead atoms. The molecule has 6 nitrogen and oxygen atoms in total. The zero-order valence-corrected chi connectivity index (χ0v) is 16.1. The Labute approximate surface area is 163 Å². The van der Waals surface area contributed by atoms with Gasteiger partial charge in [0.1, 0.15) is 5.69 Å². The molecule has 1 saturated heterocycles. The lowest BCUT2D eigenvalue weighted by atomic mass is 9.94. The van der Waals surface area contributed by atoms with Gasteiger partial charge in [-0.1, -0.05) is 36.4 Å². The molecule has 0 spiro atoms.